The van der Waals surface area contributed by atoms with Gasteiger partial charge in [-0.05, 0) is 41.6 Å². The fourth-order valence-corrected chi connectivity index (χ4v) is 3.65. The van der Waals surface area contributed by atoms with Crippen molar-refractivity contribution in [2.24, 2.45) is 0 Å². The van der Waals surface area contributed by atoms with Gasteiger partial charge in [0.15, 0.2) is 0 Å². The molecule has 0 amide bonds. The molecule has 3 heterocycles. The number of nitrogens with one attached hydrogen (secondary N) is 1. The predicted octanol–water partition coefficient (Wildman–Crippen LogP) is 3.85. The van der Waals surface area contributed by atoms with Crippen LogP contribution in [0.4, 0.5) is 5.82 Å². The van der Waals surface area contributed by atoms with Gasteiger partial charge in [-0.3, -0.25) is 4.79 Å². The molecule has 0 saturated heterocycles. The second kappa shape index (κ2) is 9.43. The third-order valence-corrected chi connectivity index (χ3v) is 5.28. The summed E-state index contributed by atoms with van der Waals surface area (Å²) < 4.78 is 11.0. The molecule has 7 heteroatoms. The van der Waals surface area contributed by atoms with Gasteiger partial charge < -0.3 is 19.7 Å². The lowest BCUT2D eigenvalue weighted by Crippen LogP contribution is -2.14. The number of benzene rings is 1. The van der Waals surface area contributed by atoms with Gasteiger partial charge in [0.25, 0.3) is 5.88 Å². The molecule has 0 bridgehead atoms. The van der Waals surface area contributed by atoms with Gasteiger partial charge in [-0.2, -0.15) is 0 Å². The third kappa shape index (κ3) is 4.97. The van der Waals surface area contributed by atoms with Gasteiger partial charge in [0.1, 0.15) is 11.6 Å². The topological polar surface area (TPSA) is 97.5 Å². The molecule has 0 aliphatic carbocycles. The van der Waals surface area contributed by atoms with E-state index < -0.39 is 11.9 Å². The number of carboxylic acids is 1. The number of aryl methyl sites for hydroxylation is 2. The van der Waals surface area contributed by atoms with E-state index in [1.54, 1.807) is 6.07 Å². The number of pyridine rings is 1. The van der Waals surface area contributed by atoms with Crippen molar-refractivity contribution in [1.29, 1.82) is 0 Å². The molecule has 156 valence electrons. The van der Waals surface area contributed by atoms with Gasteiger partial charge >= 0.3 is 5.97 Å². The number of nitrogens with zero attached hydrogens (tertiary/aromatic N) is 2. The second-order valence-electron chi connectivity index (χ2n) is 7.41. The van der Waals surface area contributed by atoms with E-state index in [0.717, 1.165) is 36.5 Å². The van der Waals surface area contributed by atoms with Gasteiger partial charge in [-0.25, -0.2) is 4.98 Å². The Bertz CT molecular complexity index is 987. The Morgan fingerprint density at radius 2 is 2.07 bits per heavy atom. The van der Waals surface area contributed by atoms with Crippen LogP contribution in [0.3, 0.4) is 0 Å². The van der Waals surface area contributed by atoms with E-state index in [9.17, 15) is 9.90 Å². The van der Waals surface area contributed by atoms with Crippen LogP contribution in [-0.4, -0.2) is 34.4 Å². The Labute approximate surface area is 175 Å². The SMILES string of the molecule is O=C(O)C(CCc1cc(OCCc2ccc3c(n2)NCCC3)no1)c1ccccc1. The van der Waals surface area contributed by atoms with Crippen molar-refractivity contribution >= 4 is 11.8 Å². The Morgan fingerprint density at radius 3 is 2.90 bits per heavy atom. The molecule has 0 spiro atoms. The molecule has 1 aliphatic heterocycles. The van der Waals surface area contributed by atoms with Crippen molar-refractivity contribution in [3.8, 4) is 5.88 Å². The molecule has 1 atom stereocenters. The van der Waals surface area contributed by atoms with Crippen LogP contribution in [0.1, 0.15) is 41.3 Å². The summed E-state index contributed by atoms with van der Waals surface area (Å²) in [7, 11) is 0. The van der Waals surface area contributed by atoms with Crippen LogP contribution in [0.5, 0.6) is 5.88 Å². The molecule has 2 N–H and O–H groups in total. The molecule has 4 rings (SSSR count). The van der Waals surface area contributed by atoms with Crippen LogP contribution in [0.15, 0.2) is 53.1 Å². The number of aromatic nitrogens is 2. The largest absolute Gasteiger partial charge is 0.481 e. The maximum atomic E-state index is 11.6. The maximum Gasteiger partial charge on any atom is 0.310 e. The minimum atomic E-state index is -0.843. The number of fused-ring (bicyclic) bond motifs is 1. The normalized spacial score (nSPS) is 13.9. The van der Waals surface area contributed by atoms with Crippen LogP contribution in [0.2, 0.25) is 0 Å². The Kier molecular flexibility index (Phi) is 6.27. The number of carbonyl (C=O) groups is 1. The van der Waals surface area contributed by atoms with Crippen molar-refractivity contribution in [3.05, 3.63) is 71.1 Å². The van der Waals surface area contributed by atoms with Crippen molar-refractivity contribution in [2.45, 2.75) is 38.0 Å². The number of hydrogen-bond donors (Lipinski definition) is 2. The monoisotopic (exact) mass is 407 g/mol. The summed E-state index contributed by atoms with van der Waals surface area (Å²) in [4.78, 5) is 16.3. The highest BCUT2D eigenvalue weighted by atomic mass is 16.5. The molecule has 1 aliphatic rings. The Morgan fingerprint density at radius 1 is 1.20 bits per heavy atom. The lowest BCUT2D eigenvalue weighted by atomic mass is 9.94. The zero-order chi connectivity index (χ0) is 20.8. The minimum absolute atomic E-state index is 0.410. The van der Waals surface area contributed by atoms with Crippen molar-refractivity contribution in [3.63, 3.8) is 0 Å². The zero-order valence-corrected chi connectivity index (χ0v) is 16.7. The van der Waals surface area contributed by atoms with Crippen LogP contribution >= 0.6 is 0 Å². The molecule has 1 unspecified atom stereocenters. The van der Waals surface area contributed by atoms with Gasteiger partial charge in [0.05, 0.1) is 12.5 Å². The van der Waals surface area contributed by atoms with Crippen LogP contribution in [-0.2, 0) is 24.1 Å². The zero-order valence-electron chi connectivity index (χ0n) is 16.7. The van der Waals surface area contributed by atoms with Crippen molar-refractivity contribution in [2.75, 3.05) is 18.5 Å². The van der Waals surface area contributed by atoms with Crippen LogP contribution in [0.25, 0.3) is 0 Å². The highest BCUT2D eigenvalue weighted by Gasteiger charge is 2.20. The highest BCUT2D eigenvalue weighted by molar-refractivity contribution is 5.76. The average molecular weight is 407 g/mol. The predicted molar refractivity (Wildman–Crippen MR) is 112 cm³/mol. The molecule has 2 aromatic heterocycles. The van der Waals surface area contributed by atoms with Gasteiger partial charge in [-0.1, -0.05) is 36.4 Å². The molecule has 0 fully saturated rings. The second-order valence-corrected chi connectivity index (χ2v) is 7.41. The van der Waals surface area contributed by atoms with E-state index in [1.807, 2.05) is 36.4 Å². The van der Waals surface area contributed by atoms with Crippen molar-refractivity contribution < 1.29 is 19.2 Å². The molecule has 1 aromatic carbocycles. The van der Waals surface area contributed by atoms with E-state index >= 15 is 0 Å². The first kappa shape index (κ1) is 19.9. The molecule has 30 heavy (non-hydrogen) atoms. The molecular weight excluding hydrogens is 382 g/mol. The first-order chi connectivity index (χ1) is 14.7. The summed E-state index contributed by atoms with van der Waals surface area (Å²) >= 11 is 0. The molecule has 3 aromatic rings. The summed E-state index contributed by atoms with van der Waals surface area (Å²) in [6.07, 6.45) is 3.79. The summed E-state index contributed by atoms with van der Waals surface area (Å²) in [5.41, 5.74) is 3.02. The molecule has 7 nitrogen and oxygen atoms in total. The quantitative estimate of drug-likeness (QED) is 0.556. The average Bonchev–Trinajstić information content (AvgIpc) is 3.22. The smallest absolute Gasteiger partial charge is 0.310 e. The first-order valence-corrected chi connectivity index (χ1v) is 10.3. The maximum absolute atomic E-state index is 11.6. The molecule has 0 saturated carbocycles. The Hall–Kier alpha value is -3.35. The van der Waals surface area contributed by atoms with Gasteiger partial charge in [0, 0.05) is 31.1 Å². The lowest BCUT2D eigenvalue weighted by Gasteiger charge is -2.17. The van der Waals surface area contributed by atoms with E-state index in [2.05, 4.69) is 21.5 Å². The molecular formula is C23H25N3O4. The molecule has 0 radical (unpaired) electrons. The Balaban J connectivity index is 1.27. The van der Waals surface area contributed by atoms with E-state index in [-0.39, 0.29) is 0 Å². The summed E-state index contributed by atoms with van der Waals surface area (Å²) in [5, 5.41) is 16.8. The summed E-state index contributed by atoms with van der Waals surface area (Å²) in [5.74, 6) is 0.582. The lowest BCUT2D eigenvalue weighted by molar-refractivity contribution is -0.139. The third-order valence-electron chi connectivity index (χ3n) is 5.28. The number of carboxylic acid groups (broad SMARTS) is 1. The van der Waals surface area contributed by atoms with Crippen molar-refractivity contribution in [1.82, 2.24) is 10.1 Å². The first-order valence-electron chi connectivity index (χ1n) is 10.3. The van der Waals surface area contributed by atoms with E-state index in [0.29, 0.717) is 37.5 Å². The standard InChI is InChI=1S/C23H25N3O4/c27-23(28)20(16-5-2-1-3-6-16)11-10-19-15-21(26-30-19)29-14-12-18-9-8-17-7-4-13-24-22(17)25-18/h1-3,5-6,8-9,15,20H,4,7,10-14H2,(H,24,25)(H,27,28). The van der Waals surface area contributed by atoms with E-state index in [4.69, 9.17) is 9.26 Å². The summed E-state index contributed by atoms with van der Waals surface area (Å²) in [6.45, 7) is 1.41. The van der Waals surface area contributed by atoms with E-state index in [1.165, 1.54) is 5.56 Å². The fourth-order valence-electron chi connectivity index (χ4n) is 3.65. The minimum Gasteiger partial charge on any atom is -0.481 e. The van der Waals surface area contributed by atoms with Gasteiger partial charge in [-0.15, -0.1) is 0 Å². The number of ether oxygens (including phenoxy) is 1. The highest BCUT2D eigenvalue weighted by Crippen LogP contribution is 2.24. The summed E-state index contributed by atoms with van der Waals surface area (Å²) in [6, 6.07) is 15.1. The number of anilines is 1. The number of aliphatic carboxylic acids is 1. The van der Waals surface area contributed by atoms with Crippen LogP contribution < -0.4 is 10.1 Å². The van der Waals surface area contributed by atoms with Gasteiger partial charge in [0.2, 0.25) is 0 Å². The number of rotatable bonds is 9. The van der Waals surface area contributed by atoms with Crippen LogP contribution in [0, 0.1) is 0 Å². The number of hydrogen-bond acceptors (Lipinski definition) is 6. The fraction of sp³-hybridized carbons (Fsp3) is 0.348.